The maximum atomic E-state index is 5.56. The van der Waals surface area contributed by atoms with E-state index in [0.717, 1.165) is 0 Å². The Labute approximate surface area is 63.8 Å². The standard InChI is InChI=1S/C9H18O/c1-4-6-7-8-9(3,5-2)10-8/h8H,4-7H2,1-3H3. The van der Waals surface area contributed by atoms with Crippen molar-refractivity contribution in [2.75, 3.05) is 0 Å². The van der Waals surface area contributed by atoms with E-state index >= 15 is 0 Å². The SMILES string of the molecule is CCCCC1OC1(C)CC. The highest BCUT2D eigenvalue weighted by Gasteiger charge is 2.49. The van der Waals surface area contributed by atoms with Crippen LogP contribution in [0.2, 0.25) is 0 Å². The van der Waals surface area contributed by atoms with E-state index in [9.17, 15) is 0 Å². The first-order valence-electron chi connectivity index (χ1n) is 4.40. The highest BCUT2D eigenvalue weighted by molar-refractivity contribution is 4.97. The van der Waals surface area contributed by atoms with Crippen LogP contribution in [-0.2, 0) is 4.74 Å². The molecule has 0 aliphatic carbocycles. The minimum Gasteiger partial charge on any atom is -0.366 e. The Balaban J connectivity index is 2.12. The Morgan fingerprint density at radius 1 is 1.40 bits per heavy atom. The van der Waals surface area contributed by atoms with Crippen LogP contribution in [0.5, 0.6) is 0 Å². The van der Waals surface area contributed by atoms with Crippen molar-refractivity contribution in [3.05, 3.63) is 0 Å². The van der Waals surface area contributed by atoms with Gasteiger partial charge < -0.3 is 4.74 Å². The van der Waals surface area contributed by atoms with Crippen molar-refractivity contribution in [3.8, 4) is 0 Å². The lowest BCUT2D eigenvalue weighted by molar-refractivity contribution is 0.299. The Morgan fingerprint density at radius 3 is 2.50 bits per heavy atom. The summed E-state index contributed by atoms with van der Waals surface area (Å²) in [6, 6.07) is 0. The van der Waals surface area contributed by atoms with Crippen LogP contribution >= 0.6 is 0 Å². The number of rotatable bonds is 4. The highest BCUT2D eigenvalue weighted by atomic mass is 16.6. The maximum Gasteiger partial charge on any atom is 0.0917 e. The van der Waals surface area contributed by atoms with Crippen molar-refractivity contribution >= 4 is 0 Å². The summed E-state index contributed by atoms with van der Waals surface area (Å²) < 4.78 is 5.56. The molecule has 1 aliphatic rings. The van der Waals surface area contributed by atoms with Gasteiger partial charge in [-0.3, -0.25) is 0 Å². The normalized spacial score (nSPS) is 38.1. The summed E-state index contributed by atoms with van der Waals surface area (Å²) >= 11 is 0. The smallest absolute Gasteiger partial charge is 0.0917 e. The second-order valence-electron chi connectivity index (χ2n) is 3.41. The van der Waals surface area contributed by atoms with Crippen LogP contribution in [-0.4, -0.2) is 11.7 Å². The van der Waals surface area contributed by atoms with Gasteiger partial charge in [-0.25, -0.2) is 0 Å². The number of unbranched alkanes of at least 4 members (excludes halogenated alkanes) is 1. The molecule has 1 aliphatic heterocycles. The van der Waals surface area contributed by atoms with E-state index in [1.54, 1.807) is 0 Å². The second kappa shape index (κ2) is 2.91. The summed E-state index contributed by atoms with van der Waals surface area (Å²) in [4.78, 5) is 0. The molecule has 1 heterocycles. The van der Waals surface area contributed by atoms with Gasteiger partial charge in [0.15, 0.2) is 0 Å². The van der Waals surface area contributed by atoms with E-state index in [0.29, 0.717) is 6.10 Å². The van der Waals surface area contributed by atoms with Gasteiger partial charge in [0.1, 0.15) is 0 Å². The fourth-order valence-electron chi connectivity index (χ4n) is 1.36. The summed E-state index contributed by atoms with van der Waals surface area (Å²) in [6.45, 7) is 6.64. The first-order chi connectivity index (χ1) is 4.73. The summed E-state index contributed by atoms with van der Waals surface area (Å²) in [7, 11) is 0. The van der Waals surface area contributed by atoms with Crippen molar-refractivity contribution in [1.82, 2.24) is 0 Å². The molecule has 0 spiro atoms. The predicted octanol–water partition coefficient (Wildman–Crippen LogP) is 2.74. The second-order valence-corrected chi connectivity index (χ2v) is 3.41. The van der Waals surface area contributed by atoms with E-state index in [4.69, 9.17) is 4.74 Å². The van der Waals surface area contributed by atoms with E-state index in [1.165, 1.54) is 25.7 Å². The molecule has 0 amide bonds. The van der Waals surface area contributed by atoms with Crippen molar-refractivity contribution < 1.29 is 4.74 Å². The number of hydrogen-bond donors (Lipinski definition) is 0. The average molecular weight is 142 g/mol. The van der Waals surface area contributed by atoms with Gasteiger partial charge in [0.25, 0.3) is 0 Å². The third-order valence-electron chi connectivity index (χ3n) is 2.56. The van der Waals surface area contributed by atoms with Crippen LogP contribution in [0.3, 0.4) is 0 Å². The molecule has 1 nitrogen and oxygen atoms in total. The quantitative estimate of drug-likeness (QED) is 0.550. The van der Waals surface area contributed by atoms with Gasteiger partial charge in [-0.1, -0.05) is 26.7 Å². The first-order valence-corrected chi connectivity index (χ1v) is 4.40. The zero-order valence-electron chi connectivity index (χ0n) is 7.31. The van der Waals surface area contributed by atoms with Gasteiger partial charge in [-0.15, -0.1) is 0 Å². The molecule has 1 saturated heterocycles. The van der Waals surface area contributed by atoms with Crippen LogP contribution in [0, 0.1) is 0 Å². The zero-order valence-corrected chi connectivity index (χ0v) is 7.31. The van der Waals surface area contributed by atoms with Crippen molar-refractivity contribution in [3.63, 3.8) is 0 Å². The molecule has 0 bridgehead atoms. The molecular formula is C9H18O. The van der Waals surface area contributed by atoms with Gasteiger partial charge in [0, 0.05) is 0 Å². The van der Waals surface area contributed by atoms with Crippen LogP contribution in [0.1, 0.15) is 46.5 Å². The van der Waals surface area contributed by atoms with Gasteiger partial charge in [0.05, 0.1) is 11.7 Å². The molecule has 2 atom stereocenters. The molecule has 0 saturated carbocycles. The molecule has 0 aromatic rings. The van der Waals surface area contributed by atoms with Crippen LogP contribution < -0.4 is 0 Å². The molecule has 1 heteroatoms. The molecular weight excluding hydrogens is 124 g/mol. The lowest BCUT2D eigenvalue weighted by atomic mass is 10.0. The molecule has 1 rings (SSSR count). The molecule has 0 radical (unpaired) electrons. The summed E-state index contributed by atoms with van der Waals surface area (Å²) in [6.07, 6.45) is 5.62. The third kappa shape index (κ3) is 1.51. The lowest BCUT2D eigenvalue weighted by Crippen LogP contribution is -2.07. The summed E-state index contributed by atoms with van der Waals surface area (Å²) in [5, 5.41) is 0. The number of ether oxygens (including phenoxy) is 1. The summed E-state index contributed by atoms with van der Waals surface area (Å²) in [5.41, 5.74) is 0.259. The Morgan fingerprint density at radius 2 is 2.10 bits per heavy atom. The van der Waals surface area contributed by atoms with Gasteiger partial charge in [-0.2, -0.15) is 0 Å². The number of epoxide rings is 1. The lowest BCUT2D eigenvalue weighted by Gasteiger charge is -1.98. The van der Waals surface area contributed by atoms with Crippen LogP contribution in [0.15, 0.2) is 0 Å². The zero-order chi connectivity index (χ0) is 7.61. The Bertz CT molecular complexity index is 111. The highest BCUT2D eigenvalue weighted by Crippen LogP contribution is 2.41. The fourth-order valence-corrected chi connectivity index (χ4v) is 1.36. The monoisotopic (exact) mass is 142 g/mol. The molecule has 0 aromatic heterocycles. The molecule has 0 N–H and O–H groups in total. The van der Waals surface area contributed by atoms with Crippen LogP contribution in [0.25, 0.3) is 0 Å². The van der Waals surface area contributed by atoms with Crippen molar-refractivity contribution in [1.29, 1.82) is 0 Å². The van der Waals surface area contributed by atoms with Gasteiger partial charge in [0.2, 0.25) is 0 Å². The van der Waals surface area contributed by atoms with Crippen LogP contribution in [0.4, 0.5) is 0 Å². The third-order valence-corrected chi connectivity index (χ3v) is 2.56. The minimum atomic E-state index is 0.259. The minimum absolute atomic E-state index is 0.259. The largest absolute Gasteiger partial charge is 0.366 e. The topological polar surface area (TPSA) is 12.5 Å². The molecule has 10 heavy (non-hydrogen) atoms. The molecule has 1 fully saturated rings. The van der Waals surface area contributed by atoms with Gasteiger partial charge in [-0.05, 0) is 19.8 Å². The van der Waals surface area contributed by atoms with Crippen molar-refractivity contribution in [2.45, 2.75) is 58.2 Å². The Hall–Kier alpha value is -0.0400. The molecule has 0 aromatic carbocycles. The average Bonchev–Trinajstić information content (AvgIpc) is 2.59. The first kappa shape index (κ1) is 8.06. The van der Waals surface area contributed by atoms with E-state index < -0.39 is 0 Å². The summed E-state index contributed by atoms with van der Waals surface area (Å²) in [5.74, 6) is 0. The van der Waals surface area contributed by atoms with E-state index in [1.807, 2.05) is 0 Å². The predicted molar refractivity (Wildman–Crippen MR) is 43.1 cm³/mol. The molecule has 2 unspecified atom stereocenters. The Kier molecular flexibility index (Phi) is 2.35. The number of hydrogen-bond acceptors (Lipinski definition) is 1. The van der Waals surface area contributed by atoms with Gasteiger partial charge >= 0.3 is 0 Å². The molecule has 60 valence electrons. The fraction of sp³-hybridized carbons (Fsp3) is 1.00. The van der Waals surface area contributed by atoms with E-state index in [2.05, 4.69) is 20.8 Å². The van der Waals surface area contributed by atoms with E-state index in [-0.39, 0.29) is 5.60 Å². The van der Waals surface area contributed by atoms with Crippen molar-refractivity contribution in [2.24, 2.45) is 0 Å². The maximum absolute atomic E-state index is 5.56.